The van der Waals surface area contributed by atoms with Crippen LogP contribution in [0, 0.1) is 11.3 Å². The first-order chi connectivity index (χ1) is 7.75. The van der Waals surface area contributed by atoms with Gasteiger partial charge in [0, 0.05) is 6.04 Å². The molecule has 0 bridgehead atoms. The molecule has 0 radical (unpaired) electrons. The molecule has 3 nitrogen and oxygen atoms in total. The molecule has 3 heteroatoms. The fraction of sp³-hybridized carbons (Fsp3) is 0.929. The SMILES string of the molecule is CCC1CC(N)C(CC)(C(=O)OC(C)(C)C)C1. The van der Waals surface area contributed by atoms with E-state index in [0.29, 0.717) is 5.92 Å². The molecule has 0 aromatic carbocycles. The predicted molar refractivity (Wildman–Crippen MR) is 69.6 cm³/mol. The van der Waals surface area contributed by atoms with Crippen LogP contribution in [0.2, 0.25) is 0 Å². The lowest BCUT2D eigenvalue weighted by atomic mass is 9.79. The number of carbonyl (C=O) groups excluding carboxylic acids is 1. The normalized spacial score (nSPS) is 33.8. The van der Waals surface area contributed by atoms with Gasteiger partial charge in [0.15, 0.2) is 0 Å². The Balaban J connectivity index is 2.86. The summed E-state index contributed by atoms with van der Waals surface area (Å²) in [5, 5.41) is 0. The van der Waals surface area contributed by atoms with Crippen LogP contribution >= 0.6 is 0 Å². The highest BCUT2D eigenvalue weighted by Gasteiger charge is 2.51. The van der Waals surface area contributed by atoms with E-state index in [-0.39, 0.29) is 12.0 Å². The van der Waals surface area contributed by atoms with Gasteiger partial charge in [0.25, 0.3) is 0 Å². The largest absolute Gasteiger partial charge is 0.459 e. The summed E-state index contributed by atoms with van der Waals surface area (Å²) in [6.07, 6.45) is 3.71. The molecule has 100 valence electrons. The maximum absolute atomic E-state index is 12.4. The number of rotatable bonds is 3. The van der Waals surface area contributed by atoms with Crippen LogP contribution in [0.3, 0.4) is 0 Å². The third-order valence-corrected chi connectivity index (χ3v) is 3.96. The number of carbonyl (C=O) groups is 1. The Kier molecular flexibility index (Phi) is 4.23. The van der Waals surface area contributed by atoms with E-state index in [4.69, 9.17) is 10.5 Å². The van der Waals surface area contributed by atoms with E-state index in [1.54, 1.807) is 0 Å². The van der Waals surface area contributed by atoms with E-state index in [0.717, 1.165) is 25.7 Å². The average molecular weight is 241 g/mol. The van der Waals surface area contributed by atoms with E-state index >= 15 is 0 Å². The van der Waals surface area contributed by atoms with Crippen LogP contribution in [0.5, 0.6) is 0 Å². The molecule has 17 heavy (non-hydrogen) atoms. The van der Waals surface area contributed by atoms with Crippen molar-refractivity contribution in [2.24, 2.45) is 17.1 Å². The first-order valence-corrected chi connectivity index (χ1v) is 6.74. The van der Waals surface area contributed by atoms with Gasteiger partial charge in [0.1, 0.15) is 5.60 Å². The monoisotopic (exact) mass is 241 g/mol. The van der Waals surface area contributed by atoms with E-state index in [9.17, 15) is 4.79 Å². The highest BCUT2D eigenvalue weighted by Crippen LogP contribution is 2.46. The molecule has 0 aliphatic heterocycles. The van der Waals surface area contributed by atoms with Crippen LogP contribution in [0.4, 0.5) is 0 Å². The topological polar surface area (TPSA) is 52.3 Å². The summed E-state index contributed by atoms with van der Waals surface area (Å²) < 4.78 is 5.56. The molecule has 0 aromatic rings. The zero-order valence-corrected chi connectivity index (χ0v) is 11.9. The van der Waals surface area contributed by atoms with Gasteiger partial charge in [0.2, 0.25) is 0 Å². The quantitative estimate of drug-likeness (QED) is 0.773. The molecule has 1 saturated carbocycles. The Morgan fingerprint density at radius 3 is 2.35 bits per heavy atom. The van der Waals surface area contributed by atoms with Crippen molar-refractivity contribution >= 4 is 5.97 Å². The van der Waals surface area contributed by atoms with Crippen LogP contribution in [0.1, 0.15) is 60.3 Å². The fourth-order valence-corrected chi connectivity index (χ4v) is 2.81. The number of hydrogen-bond acceptors (Lipinski definition) is 3. The summed E-state index contributed by atoms with van der Waals surface area (Å²) in [7, 11) is 0. The lowest BCUT2D eigenvalue weighted by molar-refractivity contribution is -0.168. The van der Waals surface area contributed by atoms with Crippen molar-refractivity contribution in [2.75, 3.05) is 0 Å². The fourth-order valence-electron chi connectivity index (χ4n) is 2.81. The molecule has 3 atom stereocenters. The van der Waals surface area contributed by atoms with Crippen molar-refractivity contribution in [1.82, 2.24) is 0 Å². The maximum Gasteiger partial charge on any atom is 0.314 e. The Morgan fingerprint density at radius 2 is 2.00 bits per heavy atom. The molecule has 1 fully saturated rings. The van der Waals surface area contributed by atoms with Crippen molar-refractivity contribution in [1.29, 1.82) is 0 Å². The molecule has 3 unspecified atom stereocenters. The Morgan fingerprint density at radius 1 is 1.41 bits per heavy atom. The second kappa shape index (κ2) is 4.97. The lowest BCUT2D eigenvalue weighted by Gasteiger charge is -2.33. The molecule has 1 aliphatic rings. The Bertz CT molecular complexity index is 282. The molecular weight excluding hydrogens is 214 g/mol. The van der Waals surface area contributed by atoms with Crippen molar-refractivity contribution < 1.29 is 9.53 Å². The highest BCUT2D eigenvalue weighted by molar-refractivity contribution is 5.78. The van der Waals surface area contributed by atoms with Crippen LogP contribution in [-0.2, 0) is 9.53 Å². The van der Waals surface area contributed by atoms with E-state index in [1.807, 2.05) is 27.7 Å². The number of ether oxygens (including phenoxy) is 1. The predicted octanol–water partition coefficient (Wildman–Crippen LogP) is 2.87. The minimum absolute atomic E-state index is 0.0488. The summed E-state index contributed by atoms with van der Waals surface area (Å²) in [6.45, 7) is 9.93. The van der Waals surface area contributed by atoms with Gasteiger partial charge in [-0.3, -0.25) is 4.79 Å². The molecule has 0 heterocycles. The molecule has 0 amide bonds. The summed E-state index contributed by atoms with van der Waals surface area (Å²) in [5.74, 6) is 0.466. The Labute approximate surface area is 105 Å². The summed E-state index contributed by atoms with van der Waals surface area (Å²) >= 11 is 0. The summed E-state index contributed by atoms with van der Waals surface area (Å²) in [4.78, 5) is 12.4. The third kappa shape index (κ3) is 3.01. The molecule has 1 rings (SSSR count). The number of nitrogens with two attached hydrogens (primary N) is 1. The van der Waals surface area contributed by atoms with Gasteiger partial charge < -0.3 is 10.5 Å². The van der Waals surface area contributed by atoms with Gasteiger partial charge in [-0.15, -0.1) is 0 Å². The van der Waals surface area contributed by atoms with Gasteiger partial charge in [-0.2, -0.15) is 0 Å². The standard InChI is InChI=1S/C14H27NO2/c1-6-10-8-11(15)14(7-2,9-10)12(16)17-13(3,4)5/h10-11H,6-9,15H2,1-5H3. The van der Waals surface area contributed by atoms with Crippen LogP contribution < -0.4 is 5.73 Å². The van der Waals surface area contributed by atoms with Crippen molar-refractivity contribution in [2.45, 2.75) is 71.9 Å². The molecule has 1 aliphatic carbocycles. The Hall–Kier alpha value is -0.570. The third-order valence-electron chi connectivity index (χ3n) is 3.96. The first kappa shape index (κ1) is 14.5. The van der Waals surface area contributed by atoms with Crippen molar-refractivity contribution in [3.05, 3.63) is 0 Å². The van der Waals surface area contributed by atoms with E-state index < -0.39 is 11.0 Å². The second-order valence-corrected chi connectivity index (χ2v) is 6.33. The van der Waals surface area contributed by atoms with Gasteiger partial charge in [-0.1, -0.05) is 20.3 Å². The lowest BCUT2D eigenvalue weighted by Crippen LogP contribution is -2.46. The summed E-state index contributed by atoms with van der Waals surface area (Å²) in [5.41, 5.74) is 5.33. The van der Waals surface area contributed by atoms with Gasteiger partial charge in [-0.25, -0.2) is 0 Å². The van der Waals surface area contributed by atoms with E-state index in [1.165, 1.54) is 0 Å². The van der Waals surface area contributed by atoms with Crippen LogP contribution in [0.25, 0.3) is 0 Å². The molecule has 0 saturated heterocycles. The minimum atomic E-state index is -0.450. The van der Waals surface area contributed by atoms with E-state index in [2.05, 4.69) is 6.92 Å². The van der Waals surface area contributed by atoms with Gasteiger partial charge >= 0.3 is 5.97 Å². The summed E-state index contributed by atoms with van der Waals surface area (Å²) in [6, 6.07) is -0.0488. The molecule has 2 N–H and O–H groups in total. The highest BCUT2D eigenvalue weighted by atomic mass is 16.6. The first-order valence-electron chi connectivity index (χ1n) is 6.74. The van der Waals surface area contributed by atoms with Gasteiger partial charge in [0.05, 0.1) is 5.41 Å². The molecular formula is C14H27NO2. The maximum atomic E-state index is 12.4. The van der Waals surface area contributed by atoms with Gasteiger partial charge in [-0.05, 0) is 46.0 Å². The minimum Gasteiger partial charge on any atom is -0.459 e. The van der Waals surface area contributed by atoms with Crippen molar-refractivity contribution in [3.63, 3.8) is 0 Å². The molecule has 0 aromatic heterocycles. The van der Waals surface area contributed by atoms with Crippen LogP contribution in [0.15, 0.2) is 0 Å². The van der Waals surface area contributed by atoms with Crippen LogP contribution in [-0.4, -0.2) is 17.6 Å². The second-order valence-electron chi connectivity index (χ2n) is 6.33. The smallest absolute Gasteiger partial charge is 0.314 e. The zero-order valence-electron chi connectivity index (χ0n) is 11.9. The van der Waals surface area contributed by atoms with Crippen molar-refractivity contribution in [3.8, 4) is 0 Å². The number of hydrogen-bond donors (Lipinski definition) is 1. The number of esters is 1. The zero-order chi connectivity index (χ0) is 13.3. The molecule has 0 spiro atoms. The average Bonchev–Trinajstić information content (AvgIpc) is 2.53.